The van der Waals surface area contributed by atoms with Crippen LogP contribution in [-0.4, -0.2) is 30.5 Å². The molecule has 0 saturated heterocycles. The van der Waals surface area contributed by atoms with Crippen LogP contribution in [0.4, 0.5) is 11.4 Å². The van der Waals surface area contributed by atoms with Crippen LogP contribution in [0.3, 0.4) is 0 Å². The van der Waals surface area contributed by atoms with E-state index in [1.54, 1.807) is 30.3 Å². The molecule has 0 fully saturated rings. The van der Waals surface area contributed by atoms with Gasteiger partial charge in [0.05, 0.1) is 28.3 Å². The Morgan fingerprint density at radius 3 is 2.36 bits per heavy atom. The van der Waals surface area contributed by atoms with Gasteiger partial charge in [0.1, 0.15) is 5.69 Å². The highest BCUT2D eigenvalue weighted by molar-refractivity contribution is 7.90. The number of sulfone groups is 1. The molecule has 0 radical (unpaired) electrons. The molecule has 182 valence electrons. The number of nitrogens with zero attached hydrogens (tertiary/aromatic N) is 1. The summed E-state index contributed by atoms with van der Waals surface area (Å²) in [4.78, 5) is 21.7. The zero-order valence-electron chi connectivity index (χ0n) is 20.2. The predicted molar refractivity (Wildman–Crippen MR) is 144 cm³/mol. The Balaban J connectivity index is 1.58. The summed E-state index contributed by atoms with van der Waals surface area (Å²) in [5.74, 6) is -0.308. The molecule has 0 spiro atoms. The third kappa shape index (κ3) is 4.43. The van der Waals surface area contributed by atoms with Crippen molar-refractivity contribution in [2.24, 2.45) is 0 Å². The van der Waals surface area contributed by atoms with E-state index in [4.69, 9.17) is 4.98 Å². The van der Waals surface area contributed by atoms with E-state index in [1.807, 2.05) is 56.3 Å². The molecule has 36 heavy (non-hydrogen) atoms. The number of fused-ring (bicyclic) bond motifs is 3. The summed E-state index contributed by atoms with van der Waals surface area (Å²) in [7, 11) is -3.42. The zero-order valence-corrected chi connectivity index (χ0v) is 21.0. The van der Waals surface area contributed by atoms with Crippen LogP contribution in [-0.2, 0) is 16.4 Å². The van der Waals surface area contributed by atoms with E-state index < -0.39 is 9.84 Å². The molecule has 0 unspecified atom stereocenters. The normalized spacial score (nSPS) is 11.6. The Bertz CT molecular complexity index is 1720. The zero-order chi connectivity index (χ0) is 25.4. The first kappa shape index (κ1) is 23.6. The van der Waals surface area contributed by atoms with Gasteiger partial charge in [0, 0.05) is 28.2 Å². The number of amides is 1. The molecule has 0 aliphatic heterocycles. The number of carbonyl (C=O) groups is 1. The molecule has 5 rings (SSSR count). The van der Waals surface area contributed by atoms with Gasteiger partial charge in [0.2, 0.25) is 0 Å². The van der Waals surface area contributed by atoms with Gasteiger partial charge in [-0.2, -0.15) is 0 Å². The number of aryl methyl sites for hydroxylation is 2. The van der Waals surface area contributed by atoms with E-state index in [0.29, 0.717) is 11.4 Å². The summed E-state index contributed by atoms with van der Waals surface area (Å²) in [6, 6.07) is 22.3. The van der Waals surface area contributed by atoms with Crippen molar-refractivity contribution in [2.75, 3.05) is 16.9 Å². The number of carbonyl (C=O) groups excluding carboxylic acids is 1. The summed E-state index contributed by atoms with van der Waals surface area (Å²) in [6.45, 7) is 4.13. The lowest BCUT2D eigenvalue weighted by molar-refractivity contribution is 0.102. The highest BCUT2D eigenvalue weighted by atomic mass is 32.2. The molecule has 0 bridgehead atoms. The number of benzene rings is 3. The van der Waals surface area contributed by atoms with E-state index in [2.05, 4.69) is 15.6 Å². The molecule has 8 heteroatoms. The van der Waals surface area contributed by atoms with Crippen LogP contribution in [0.15, 0.2) is 77.7 Å². The maximum absolute atomic E-state index is 13.3. The lowest BCUT2D eigenvalue weighted by Gasteiger charge is -2.14. The molecule has 0 saturated carbocycles. The number of anilines is 2. The number of pyridine rings is 1. The minimum Gasteiger partial charge on any atom is -0.378 e. The van der Waals surface area contributed by atoms with Gasteiger partial charge in [0.15, 0.2) is 9.84 Å². The van der Waals surface area contributed by atoms with Gasteiger partial charge in [-0.05, 0) is 49.2 Å². The number of hydrogen-bond acceptors (Lipinski definition) is 5. The average Bonchev–Trinajstić information content (AvgIpc) is 3.23. The van der Waals surface area contributed by atoms with Crippen molar-refractivity contribution in [1.82, 2.24) is 9.97 Å². The fourth-order valence-corrected chi connectivity index (χ4v) is 5.33. The average molecular weight is 499 g/mol. The van der Waals surface area contributed by atoms with Crippen molar-refractivity contribution in [1.29, 1.82) is 0 Å². The number of aromatic nitrogens is 2. The van der Waals surface area contributed by atoms with E-state index in [0.717, 1.165) is 38.6 Å². The van der Waals surface area contributed by atoms with E-state index >= 15 is 0 Å². The fraction of sp³-hybridized carbons (Fsp3) is 0.143. The van der Waals surface area contributed by atoms with E-state index in [-0.39, 0.29) is 23.0 Å². The van der Waals surface area contributed by atoms with Crippen molar-refractivity contribution in [2.45, 2.75) is 25.3 Å². The Labute approximate surface area is 209 Å². The molecule has 0 aliphatic rings. The van der Waals surface area contributed by atoms with Crippen molar-refractivity contribution in [3.8, 4) is 0 Å². The molecule has 2 aromatic heterocycles. The molecule has 1 amide bonds. The molecule has 3 aromatic carbocycles. The molecule has 0 aliphatic carbocycles. The Morgan fingerprint density at radius 1 is 0.917 bits per heavy atom. The Morgan fingerprint density at radius 2 is 1.61 bits per heavy atom. The number of H-pyrrole nitrogens is 1. The van der Waals surface area contributed by atoms with Gasteiger partial charge in [-0.3, -0.25) is 4.79 Å². The molecular weight excluding hydrogens is 472 g/mol. The highest BCUT2D eigenvalue weighted by Crippen LogP contribution is 2.29. The molecule has 2 heterocycles. The van der Waals surface area contributed by atoms with Gasteiger partial charge in [-0.15, -0.1) is 0 Å². The quantitative estimate of drug-likeness (QED) is 0.283. The van der Waals surface area contributed by atoms with Crippen LogP contribution in [0.5, 0.6) is 0 Å². The first-order chi connectivity index (χ1) is 17.2. The van der Waals surface area contributed by atoms with Gasteiger partial charge < -0.3 is 15.6 Å². The molecule has 7 nitrogen and oxygen atoms in total. The predicted octanol–water partition coefficient (Wildman–Crippen LogP) is 5.60. The maximum atomic E-state index is 13.3. The van der Waals surface area contributed by atoms with Crippen LogP contribution in [0.25, 0.3) is 21.8 Å². The topological polar surface area (TPSA) is 104 Å². The second-order valence-electron chi connectivity index (χ2n) is 8.89. The number of hydrogen-bond donors (Lipinski definition) is 3. The number of nitrogens with one attached hydrogen (secondary N) is 3. The van der Waals surface area contributed by atoms with Gasteiger partial charge >= 0.3 is 0 Å². The number of rotatable bonds is 6. The number of para-hydroxylation sites is 3. The SMILES string of the molecule is Cc1cccc(C)c1NC(=O)c1cc2c([nH]c3ccccc32)c(CNc2ccccc2S(C)(=O)=O)n1. The molecule has 0 atom stereocenters. The van der Waals surface area contributed by atoms with Crippen molar-refractivity contribution in [3.05, 3.63) is 95.3 Å². The van der Waals surface area contributed by atoms with Crippen molar-refractivity contribution < 1.29 is 13.2 Å². The molecule has 5 aromatic rings. The smallest absolute Gasteiger partial charge is 0.274 e. The summed E-state index contributed by atoms with van der Waals surface area (Å²) in [5, 5.41) is 8.09. The maximum Gasteiger partial charge on any atom is 0.274 e. The number of aromatic amines is 1. The third-order valence-corrected chi connectivity index (χ3v) is 7.41. The van der Waals surface area contributed by atoms with Crippen LogP contribution in [0.2, 0.25) is 0 Å². The molecular formula is C28H26N4O3S. The highest BCUT2D eigenvalue weighted by Gasteiger charge is 2.18. The lowest BCUT2D eigenvalue weighted by atomic mass is 10.1. The summed E-state index contributed by atoms with van der Waals surface area (Å²) in [6.07, 6.45) is 1.18. The second kappa shape index (κ2) is 9.13. The van der Waals surface area contributed by atoms with Crippen LogP contribution < -0.4 is 10.6 Å². The second-order valence-corrected chi connectivity index (χ2v) is 10.9. The van der Waals surface area contributed by atoms with E-state index in [9.17, 15) is 13.2 Å². The largest absolute Gasteiger partial charge is 0.378 e. The van der Waals surface area contributed by atoms with Gasteiger partial charge in [-0.1, -0.05) is 48.5 Å². The Kier molecular flexibility index (Phi) is 5.97. The van der Waals surface area contributed by atoms with Crippen LogP contribution in [0, 0.1) is 13.8 Å². The third-order valence-electron chi connectivity index (χ3n) is 6.26. The van der Waals surface area contributed by atoms with Crippen molar-refractivity contribution in [3.63, 3.8) is 0 Å². The summed E-state index contributed by atoms with van der Waals surface area (Å²) >= 11 is 0. The van der Waals surface area contributed by atoms with Gasteiger partial charge in [-0.25, -0.2) is 13.4 Å². The fourth-order valence-electron chi connectivity index (χ4n) is 4.46. The van der Waals surface area contributed by atoms with E-state index in [1.165, 1.54) is 6.26 Å². The van der Waals surface area contributed by atoms with Crippen LogP contribution >= 0.6 is 0 Å². The van der Waals surface area contributed by atoms with Gasteiger partial charge in [0.25, 0.3) is 5.91 Å². The monoisotopic (exact) mass is 498 g/mol. The van der Waals surface area contributed by atoms with Crippen LogP contribution in [0.1, 0.15) is 27.3 Å². The molecule has 3 N–H and O–H groups in total. The lowest BCUT2D eigenvalue weighted by Crippen LogP contribution is -2.17. The first-order valence-corrected chi connectivity index (χ1v) is 13.4. The summed E-state index contributed by atoms with van der Waals surface area (Å²) < 4.78 is 24.5. The standard InChI is InChI=1S/C28H26N4O3S/c1-17-9-8-10-18(2)26(17)32-28(33)23-15-20-19-11-4-5-12-21(19)31-27(20)24(30-23)16-29-22-13-6-7-14-25(22)36(3,34)35/h4-15,29,31H,16H2,1-3H3,(H,32,33). The minimum atomic E-state index is -3.42. The van der Waals surface area contributed by atoms with Crippen molar-refractivity contribution >= 4 is 48.9 Å². The minimum absolute atomic E-state index is 0.210. The Hall–Kier alpha value is -4.17. The first-order valence-electron chi connectivity index (χ1n) is 11.5. The summed E-state index contributed by atoms with van der Waals surface area (Å²) in [5.41, 5.74) is 5.80.